The molecule has 1 atom stereocenters. The number of methoxy groups -OCH3 is 1. The lowest BCUT2D eigenvalue weighted by atomic mass is 10.1. The largest absolute Gasteiger partial charge is 0.494 e. The third-order valence-electron chi connectivity index (χ3n) is 3.17. The van der Waals surface area contributed by atoms with E-state index in [1.54, 1.807) is 6.07 Å². The van der Waals surface area contributed by atoms with Gasteiger partial charge in [0.25, 0.3) is 0 Å². The highest BCUT2D eigenvalue weighted by molar-refractivity contribution is 9.10. The van der Waals surface area contributed by atoms with Crippen LogP contribution < -0.4 is 10.1 Å². The predicted molar refractivity (Wildman–Crippen MR) is 83.9 cm³/mol. The Hall–Kier alpha value is -1.55. The van der Waals surface area contributed by atoms with Crippen LogP contribution >= 0.6 is 15.9 Å². The van der Waals surface area contributed by atoms with E-state index in [4.69, 9.17) is 4.74 Å². The summed E-state index contributed by atoms with van der Waals surface area (Å²) in [6.45, 7) is 4.03. The molecular formula is C16H17BrFNO. The number of aryl methyl sites for hydroxylation is 1. The molecule has 1 N–H and O–H groups in total. The Morgan fingerprint density at radius 2 is 1.95 bits per heavy atom. The van der Waals surface area contributed by atoms with Gasteiger partial charge in [-0.25, -0.2) is 4.39 Å². The number of hydrogen-bond acceptors (Lipinski definition) is 2. The summed E-state index contributed by atoms with van der Waals surface area (Å²) in [5, 5.41) is 3.36. The second-order valence-corrected chi connectivity index (χ2v) is 5.60. The van der Waals surface area contributed by atoms with Gasteiger partial charge in [-0.3, -0.25) is 0 Å². The molecule has 2 aromatic rings. The zero-order valence-corrected chi connectivity index (χ0v) is 13.3. The maximum absolute atomic E-state index is 13.7. The molecule has 2 rings (SSSR count). The van der Waals surface area contributed by atoms with Crippen LogP contribution in [-0.4, -0.2) is 7.11 Å². The van der Waals surface area contributed by atoms with Crippen LogP contribution in [-0.2, 0) is 0 Å². The molecule has 0 fully saturated rings. The van der Waals surface area contributed by atoms with E-state index in [1.165, 1.54) is 18.7 Å². The van der Waals surface area contributed by atoms with Crippen LogP contribution in [0.1, 0.15) is 24.1 Å². The van der Waals surface area contributed by atoms with Gasteiger partial charge in [0, 0.05) is 16.2 Å². The number of anilines is 1. The molecule has 0 aliphatic rings. The van der Waals surface area contributed by atoms with Crippen LogP contribution in [0.25, 0.3) is 0 Å². The minimum atomic E-state index is -0.346. The minimum Gasteiger partial charge on any atom is -0.494 e. The van der Waals surface area contributed by atoms with Gasteiger partial charge in [0.2, 0.25) is 0 Å². The molecule has 0 aliphatic heterocycles. The van der Waals surface area contributed by atoms with Crippen molar-refractivity contribution in [2.24, 2.45) is 0 Å². The Balaban J connectivity index is 2.19. The van der Waals surface area contributed by atoms with E-state index in [0.29, 0.717) is 0 Å². The average molecular weight is 338 g/mol. The lowest BCUT2D eigenvalue weighted by Gasteiger charge is -2.18. The predicted octanol–water partition coefficient (Wildman–Crippen LogP) is 5.08. The number of nitrogens with one attached hydrogen (secondary N) is 1. The highest BCUT2D eigenvalue weighted by atomic mass is 79.9. The molecule has 0 radical (unpaired) electrons. The molecule has 2 nitrogen and oxygen atoms in total. The van der Waals surface area contributed by atoms with Crippen molar-refractivity contribution in [2.45, 2.75) is 19.9 Å². The maximum Gasteiger partial charge on any atom is 0.165 e. The van der Waals surface area contributed by atoms with Crippen LogP contribution in [0.3, 0.4) is 0 Å². The SMILES string of the molecule is COc1ccc(C(C)Nc2ccc(C)cc2Br)cc1F. The smallest absolute Gasteiger partial charge is 0.165 e. The maximum atomic E-state index is 13.7. The summed E-state index contributed by atoms with van der Waals surface area (Å²) in [7, 11) is 1.46. The first-order valence-corrected chi connectivity index (χ1v) is 7.16. The Kier molecular flexibility index (Phi) is 4.65. The fraction of sp³-hybridized carbons (Fsp3) is 0.250. The molecule has 0 saturated carbocycles. The summed E-state index contributed by atoms with van der Waals surface area (Å²) in [5.74, 6) is -0.0842. The number of halogens is 2. The van der Waals surface area contributed by atoms with Crippen LogP contribution in [0, 0.1) is 12.7 Å². The van der Waals surface area contributed by atoms with Crippen molar-refractivity contribution in [1.29, 1.82) is 0 Å². The molecule has 106 valence electrons. The van der Waals surface area contributed by atoms with E-state index in [9.17, 15) is 4.39 Å². The monoisotopic (exact) mass is 337 g/mol. The lowest BCUT2D eigenvalue weighted by Crippen LogP contribution is -2.07. The van der Waals surface area contributed by atoms with E-state index in [2.05, 4.69) is 21.2 Å². The van der Waals surface area contributed by atoms with Crippen LogP contribution in [0.5, 0.6) is 5.75 Å². The molecule has 2 aromatic carbocycles. The van der Waals surface area contributed by atoms with E-state index in [1.807, 2.05) is 38.1 Å². The Bertz CT molecular complexity index is 615. The van der Waals surface area contributed by atoms with Gasteiger partial charge in [-0.2, -0.15) is 0 Å². The van der Waals surface area contributed by atoms with Crippen LogP contribution in [0.15, 0.2) is 40.9 Å². The molecule has 0 aliphatic carbocycles. The normalized spacial score (nSPS) is 12.1. The van der Waals surface area contributed by atoms with Gasteiger partial charge in [0.05, 0.1) is 7.11 Å². The summed E-state index contributed by atoms with van der Waals surface area (Å²) >= 11 is 3.53. The van der Waals surface area contributed by atoms with Crippen molar-refractivity contribution < 1.29 is 9.13 Å². The highest BCUT2D eigenvalue weighted by Gasteiger charge is 2.11. The first-order chi connectivity index (χ1) is 9.51. The zero-order valence-electron chi connectivity index (χ0n) is 11.7. The molecule has 20 heavy (non-hydrogen) atoms. The van der Waals surface area contributed by atoms with Crippen molar-refractivity contribution in [3.05, 3.63) is 57.8 Å². The molecule has 0 bridgehead atoms. The van der Waals surface area contributed by atoms with Gasteiger partial charge in [-0.05, 0) is 65.2 Å². The van der Waals surface area contributed by atoms with Gasteiger partial charge in [-0.1, -0.05) is 12.1 Å². The van der Waals surface area contributed by atoms with Crippen LogP contribution in [0.2, 0.25) is 0 Å². The summed E-state index contributed by atoms with van der Waals surface area (Å²) in [6, 6.07) is 11.1. The van der Waals surface area contributed by atoms with Crippen molar-refractivity contribution in [3.8, 4) is 5.75 Å². The van der Waals surface area contributed by atoms with E-state index >= 15 is 0 Å². The third kappa shape index (κ3) is 3.31. The fourth-order valence-corrected chi connectivity index (χ4v) is 2.61. The van der Waals surface area contributed by atoms with E-state index < -0.39 is 0 Å². The second kappa shape index (κ2) is 6.27. The summed E-state index contributed by atoms with van der Waals surface area (Å²) in [4.78, 5) is 0. The zero-order chi connectivity index (χ0) is 14.7. The summed E-state index contributed by atoms with van der Waals surface area (Å²) in [6.07, 6.45) is 0. The van der Waals surface area contributed by atoms with Gasteiger partial charge in [-0.15, -0.1) is 0 Å². The first-order valence-electron chi connectivity index (χ1n) is 6.37. The van der Waals surface area contributed by atoms with Gasteiger partial charge in [0.1, 0.15) is 0 Å². The van der Waals surface area contributed by atoms with Gasteiger partial charge >= 0.3 is 0 Å². The molecule has 0 amide bonds. The number of ether oxygens (including phenoxy) is 1. The average Bonchev–Trinajstić information content (AvgIpc) is 2.41. The van der Waals surface area contributed by atoms with Crippen molar-refractivity contribution >= 4 is 21.6 Å². The Morgan fingerprint density at radius 1 is 1.20 bits per heavy atom. The van der Waals surface area contributed by atoms with Crippen LogP contribution in [0.4, 0.5) is 10.1 Å². The molecular weight excluding hydrogens is 321 g/mol. The first kappa shape index (κ1) is 14.9. The number of hydrogen-bond donors (Lipinski definition) is 1. The van der Waals surface area contributed by atoms with E-state index in [-0.39, 0.29) is 17.6 Å². The Labute approximate surface area is 127 Å². The molecule has 0 aromatic heterocycles. The number of rotatable bonds is 4. The molecule has 0 spiro atoms. The summed E-state index contributed by atoms with van der Waals surface area (Å²) in [5.41, 5.74) is 3.04. The standard InChI is InChI=1S/C16H17BrFNO/c1-10-4-6-15(13(17)8-10)19-11(2)12-5-7-16(20-3)14(18)9-12/h4-9,11,19H,1-3H3. The minimum absolute atomic E-state index is 0.00517. The molecule has 4 heteroatoms. The van der Waals surface area contributed by atoms with Crippen molar-refractivity contribution in [2.75, 3.05) is 12.4 Å². The highest BCUT2D eigenvalue weighted by Crippen LogP contribution is 2.29. The second-order valence-electron chi connectivity index (χ2n) is 4.74. The van der Waals surface area contributed by atoms with Crippen molar-refractivity contribution in [3.63, 3.8) is 0 Å². The third-order valence-corrected chi connectivity index (χ3v) is 3.83. The lowest BCUT2D eigenvalue weighted by molar-refractivity contribution is 0.386. The van der Waals surface area contributed by atoms with Crippen molar-refractivity contribution in [1.82, 2.24) is 0 Å². The quantitative estimate of drug-likeness (QED) is 0.840. The van der Waals surface area contributed by atoms with E-state index in [0.717, 1.165) is 15.7 Å². The topological polar surface area (TPSA) is 21.3 Å². The number of benzene rings is 2. The fourth-order valence-electron chi connectivity index (χ4n) is 2.01. The molecule has 0 heterocycles. The Morgan fingerprint density at radius 3 is 2.55 bits per heavy atom. The van der Waals surface area contributed by atoms with Gasteiger partial charge in [0.15, 0.2) is 11.6 Å². The van der Waals surface area contributed by atoms with Gasteiger partial charge < -0.3 is 10.1 Å². The summed E-state index contributed by atoms with van der Waals surface area (Å²) < 4.78 is 19.6. The molecule has 1 unspecified atom stereocenters. The molecule has 0 saturated heterocycles.